The fourth-order valence-electron chi connectivity index (χ4n) is 3.16. The molecular formula is C21H19ClN4O3. The molecule has 0 amide bonds. The van der Waals surface area contributed by atoms with Crippen molar-refractivity contribution in [2.45, 2.75) is 19.9 Å². The van der Waals surface area contributed by atoms with Crippen LogP contribution in [0, 0.1) is 0 Å². The van der Waals surface area contributed by atoms with Gasteiger partial charge in [0.1, 0.15) is 11.6 Å². The molecule has 4 rings (SSSR count). The topological polar surface area (TPSA) is 88.8 Å². The molecule has 148 valence electrons. The molecule has 8 heteroatoms. The highest BCUT2D eigenvalue weighted by Crippen LogP contribution is 2.35. The number of fused-ring (bicyclic) bond motifs is 1. The van der Waals surface area contributed by atoms with Crippen LogP contribution in [0.3, 0.4) is 0 Å². The van der Waals surface area contributed by atoms with E-state index in [-0.39, 0.29) is 6.61 Å². The van der Waals surface area contributed by atoms with Gasteiger partial charge in [-0.3, -0.25) is 5.32 Å². The average Bonchev–Trinajstić information content (AvgIpc) is 3.10. The van der Waals surface area contributed by atoms with Crippen LogP contribution in [-0.2, 0) is 9.53 Å². The molecule has 0 saturated heterocycles. The maximum absolute atomic E-state index is 12.6. The van der Waals surface area contributed by atoms with E-state index in [0.29, 0.717) is 39.4 Å². The van der Waals surface area contributed by atoms with Gasteiger partial charge in [-0.1, -0.05) is 41.9 Å². The number of carbonyl (C=O) groups is 1. The summed E-state index contributed by atoms with van der Waals surface area (Å²) in [6.45, 7) is 3.82. The summed E-state index contributed by atoms with van der Waals surface area (Å²) in [6.07, 6.45) is 0. The van der Waals surface area contributed by atoms with Crippen molar-refractivity contribution in [2.75, 3.05) is 11.9 Å². The minimum atomic E-state index is -0.629. The number of aliphatic imine (C=N–C) groups is 1. The Hall–Kier alpha value is -3.32. The molecule has 2 aromatic carbocycles. The van der Waals surface area contributed by atoms with Crippen molar-refractivity contribution in [1.29, 1.82) is 0 Å². The fourth-order valence-corrected chi connectivity index (χ4v) is 3.40. The van der Waals surface area contributed by atoms with Gasteiger partial charge in [0.15, 0.2) is 5.58 Å². The highest BCUT2D eigenvalue weighted by atomic mass is 35.5. The fraction of sp³-hybridized carbons (Fsp3) is 0.190. The Morgan fingerprint density at radius 3 is 2.76 bits per heavy atom. The van der Waals surface area contributed by atoms with Crippen LogP contribution in [0.25, 0.3) is 11.1 Å². The summed E-state index contributed by atoms with van der Waals surface area (Å²) >= 11 is 6.40. The second-order valence-corrected chi connectivity index (χ2v) is 6.80. The Labute approximate surface area is 172 Å². The molecule has 7 nitrogen and oxygen atoms in total. The summed E-state index contributed by atoms with van der Waals surface area (Å²) in [6, 6.07) is 14.4. The van der Waals surface area contributed by atoms with Gasteiger partial charge in [-0.05, 0) is 32.0 Å². The van der Waals surface area contributed by atoms with Crippen LogP contribution in [0.2, 0.25) is 5.02 Å². The molecule has 1 atom stereocenters. The van der Waals surface area contributed by atoms with Gasteiger partial charge in [-0.15, -0.1) is 0 Å². The number of aromatic nitrogens is 1. The van der Waals surface area contributed by atoms with Crippen LogP contribution in [0.15, 0.2) is 69.2 Å². The Balaban J connectivity index is 1.71. The summed E-state index contributed by atoms with van der Waals surface area (Å²) < 4.78 is 10.9. The lowest BCUT2D eigenvalue weighted by atomic mass is 9.96. The third-order valence-electron chi connectivity index (χ3n) is 4.46. The van der Waals surface area contributed by atoms with Gasteiger partial charge < -0.3 is 14.5 Å². The minimum Gasteiger partial charge on any atom is -0.463 e. The summed E-state index contributed by atoms with van der Waals surface area (Å²) in [5.41, 5.74) is 3.11. The number of allylic oxidation sites excluding steroid dienone is 1. The van der Waals surface area contributed by atoms with Gasteiger partial charge in [0.25, 0.3) is 0 Å². The van der Waals surface area contributed by atoms with E-state index < -0.39 is 12.0 Å². The van der Waals surface area contributed by atoms with E-state index in [9.17, 15) is 4.79 Å². The summed E-state index contributed by atoms with van der Waals surface area (Å²) in [5.74, 6) is -0.0425. The number of anilines is 1. The average molecular weight is 411 g/mol. The van der Waals surface area contributed by atoms with Crippen molar-refractivity contribution in [3.63, 3.8) is 0 Å². The molecule has 0 aliphatic carbocycles. The van der Waals surface area contributed by atoms with E-state index in [4.69, 9.17) is 20.8 Å². The number of benzene rings is 2. The molecule has 0 fully saturated rings. The van der Waals surface area contributed by atoms with Crippen LogP contribution in [0.1, 0.15) is 25.5 Å². The third kappa shape index (κ3) is 3.82. The molecule has 1 aromatic heterocycles. The molecule has 1 aliphatic rings. The Bertz CT molecular complexity index is 1100. The van der Waals surface area contributed by atoms with Crippen molar-refractivity contribution < 1.29 is 13.9 Å². The maximum Gasteiger partial charge on any atom is 0.338 e. The molecule has 29 heavy (non-hydrogen) atoms. The lowest BCUT2D eigenvalue weighted by molar-refractivity contribution is -0.138. The standard InChI is InChI=1S/C21H19ClN4O3/c1-3-28-19(27)17-12(2)23-20(25-18(17)13-8-4-5-9-14(13)22)26-21-24-15-10-6-7-11-16(15)29-21/h4-11,18H,3H2,1-2H3,(H2,23,24,25,26). The Morgan fingerprint density at radius 2 is 2.00 bits per heavy atom. The first-order chi connectivity index (χ1) is 14.1. The van der Waals surface area contributed by atoms with Crippen LogP contribution in [0.5, 0.6) is 0 Å². The van der Waals surface area contributed by atoms with Crippen LogP contribution >= 0.6 is 11.6 Å². The molecular weight excluding hydrogens is 392 g/mol. The zero-order chi connectivity index (χ0) is 20.4. The molecule has 0 radical (unpaired) electrons. The second-order valence-electron chi connectivity index (χ2n) is 6.40. The number of nitrogens with zero attached hydrogens (tertiary/aromatic N) is 2. The predicted octanol–water partition coefficient (Wildman–Crippen LogP) is 4.43. The van der Waals surface area contributed by atoms with E-state index >= 15 is 0 Å². The van der Waals surface area contributed by atoms with Gasteiger partial charge in [-0.25, -0.2) is 9.79 Å². The van der Waals surface area contributed by atoms with E-state index in [2.05, 4.69) is 20.6 Å². The molecule has 3 aromatic rings. The maximum atomic E-state index is 12.6. The SMILES string of the molecule is CCOC(=O)C1=C(C)NC(Nc2nc3ccccc3o2)=NC1c1ccccc1Cl. The molecule has 2 heterocycles. The summed E-state index contributed by atoms with van der Waals surface area (Å²) in [5, 5.41) is 6.65. The number of hydrogen-bond donors (Lipinski definition) is 2. The molecule has 2 N–H and O–H groups in total. The van der Waals surface area contributed by atoms with Crippen molar-refractivity contribution in [1.82, 2.24) is 10.3 Å². The van der Waals surface area contributed by atoms with Crippen molar-refractivity contribution in [3.8, 4) is 0 Å². The van der Waals surface area contributed by atoms with Crippen LogP contribution in [0.4, 0.5) is 6.01 Å². The van der Waals surface area contributed by atoms with Gasteiger partial charge >= 0.3 is 12.0 Å². The first kappa shape index (κ1) is 19.0. The summed E-state index contributed by atoms with van der Waals surface area (Å²) in [7, 11) is 0. The predicted molar refractivity (Wildman–Crippen MR) is 112 cm³/mol. The quantitative estimate of drug-likeness (QED) is 0.618. The zero-order valence-corrected chi connectivity index (χ0v) is 16.7. The Morgan fingerprint density at radius 1 is 1.24 bits per heavy atom. The third-order valence-corrected chi connectivity index (χ3v) is 4.80. The highest BCUT2D eigenvalue weighted by molar-refractivity contribution is 6.31. The zero-order valence-electron chi connectivity index (χ0n) is 15.9. The lowest BCUT2D eigenvalue weighted by Gasteiger charge is -2.26. The van der Waals surface area contributed by atoms with Crippen molar-refractivity contribution in [3.05, 3.63) is 70.4 Å². The number of rotatable bonds is 4. The van der Waals surface area contributed by atoms with E-state index in [1.54, 1.807) is 19.9 Å². The first-order valence-corrected chi connectivity index (χ1v) is 9.54. The van der Waals surface area contributed by atoms with Gasteiger partial charge in [0.2, 0.25) is 5.96 Å². The van der Waals surface area contributed by atoms with Crippen molar-refractivity contribution >= 4 is 40.6 Å². The number of ether oxygens (including phenoxy) is 1. The Kier molecular flexibility index (Phi) is 5.22. The number of guanidine groups is 1. The number of nitrogens with one attached hydrogen (secondary N) is 2. The van der Waals surface area contributed by atoms with Crippen LogP contribution in [-0.4, -0.2) is 23.5 Å². The molecule has 0 saturated carbocycles. The summed E-state index contributed by atoms with van der Waals surface area (Å²) in [4.78, 5) is 21.7. The smallest absolute Gasteiger partial charge is 0.338 e. The van der Waals surface area contributed by atoms with Gasteiger partial charge in [-0.2, -0.15) is 4.98 Å². The normalized spacial score (nSPS) is 16.4. The highest BCUT2D eigenvalue weighted by Gasteiger charge is 2.31. The monoisotopic (exact) mass is 410 g/mol. The molecule has 1 aliphatic heterocycles. The number of halogens is 1. The second kappa shape index (κ2) is 7.97. The van der Waals surface area contributed by atoms with Gasteiger partial charge in [0, 0.05) is 16.3 Å². The molecule has 1 unspecified atom stereocenters. The van der Waals surface area contributed by atoms with E-state index in [1.165, 1.54) is 0 Å². The number of oxazole rings is 1. The first-order valence-electron chi connectivity index (χ1n) is 9.16. The van der Waals surface area contributed by atoms with E-state index in [0.717, 1.165) is 5.52 Å². The lowest BCUT2D eigenvalue weighted by Crippen LogP contribution is -2.36. The van der Waals surface area contributed by atoms with Crippen LogP contribution < -0.4 is 10.6 Å². The number of hydrogen-bond acceptors (Lipinski definition) is 7. The number of para-hydroxylation sites is 2. The van der Waals surface area contributed by atoms with Gasteiger partial charge in [0.05, 0.1) is 12.2 Å². The molecule has 0 spiro atoms. The molecule has 0 bridgehead atoms. The minimum absolute atomic E-state index is 0.266. The number of esters is 1. The van der Waals surface area contributed by atoms with E-state index in [1.807, 2.05) is 42.5 Å². The largest absolute Gasteiger partial charge is 0.463 e. The van der Waals surface area contributed by atoms with Crippen molar-refractivity contribution in [2.24, 2.45) is 4.99 Å². The number of carbonyl (C=O) groups excluding carboxylic acids is 1.